The molecule has 7 heteroatoms. The van der Waals surface area contributed by atoms with E-state index in [1.807, 2.05) is 36.4 Å². The highest BCUT2D eigenvalue weighted by Gasteiger charge is 2.41. The minimum absolute atomic E-state index is 0.538. The molecular weight excluding hydrogens is 639 g/mol. The number of hydrogen-bond donors (Lipinski definition) is 0. The largest absolute Gasteiger partial charge is 0.328 e. The third-order valence-corrected chi connectivity index (χ3v) is 9.90. The Balaban J connectivity index is 1.18. The molecule has 5 aromatic carbocycles. The van der Waals surface area contributed by atoms with Crippen LogP contribution in [0, 0.1) is 11.3 Å². The lowest BCUT2D eigenvalue weighted by molar-refractivity contribution is 0.396. The van der Waals surface area contributed by atoms with Crippen molar-refractivity contribution >= 4 is 10.9 Å². The van der Waals surface area contributed by atoms with Crippen molar-refractivity contribution in [2.24, 2.45) is 0 Å². The third-order valence-electron chi connectivity index (χ3n) is 9.90. The second-order valence-corrected chi connectivity index (χ2v) is 12.9. The average Bonchev–Trinajstić information content (AvgIpc) is 3.85. The van der Waals surface area contributed by atoms with Gasteiger partial charge in [-0.25, -0.2) is 0 Å². The number of nitriles is 1. The summed E-state index contributed by atoms with van der Waals surface area (Å²) >= 11 is 0. The summed E-state index contributed by atoms with van der Waals surface area (Å²) in [5.41, 5.74) is 10.0. The summed E-state index contributed by atoms with van der Waals surface area (Å²) in [5, 5.41) is 25.8. The van der Waals surface area contributed by atoms with E-state index >= 15 is 0 Å². The molecule has 0 saturated carbocycles. The summed E-state index contributed by atoms with van der Waals surface area (Å²) < 4.78 is 2.11. The van der Waals surface area contributed by atoms with Crippen molar-refractivity contribution in [3.63, 3.8) is 0 Å². The van der Waals surface area contributed by atoms with Gasteiger partial charge in [0.05, 0.1) is 5.52 Å². The zero-order valence-corrected chi connectivity index (χ0v) is 29.2. The number of nitrogens with zero attached hydrogens (tertiary/aromatic N) is 7. The molecule has 0 radical (unpaired) electrons. The van der Waals surface area contributed by atoms with E-state index in [4.69, 9.17) is 20.4 Å². The first-order valence-corrected chi connectivity index (χ1v) is 17.7. The predicted octanol–water partition coefficient (Wildman–Crippen LogP) is 9.24. The maximum absolute atomic E-state index is 10.1. The number of aryl methyl sites for hydroxylation is 2. The first-order chi connectivity index (χ1) is 25.6. The fourth-order valence-corrected chi connectivity index (χ4v) is 7.34. The molecule has 0 atom stereocenters. The van der Waals surface area contributed by atoms with Crippen molar-refractivity contribution in [1.82, 2.24) is 29.8 Å². The normalized spacial score (nSPS) is 11.5. The average molecular weight is 676 g/mol. The van der Waals surface area contributed by atoms with E-state index in [1.54, 1.807) is 4.80 Å². The molecule has 0 spiro atoms. The Morgan fingerprint density at radius 3 is 1.79 bits per heavy atom. The van der Waals surface area contributed by atoms with Crippen molar-refractivity contribution < 1.29 is 0 Å². The second-order valence-electron chi connectivity index (χ2n) is 12.9. The van der Waals surface area contributed by atoms with Crippen molar-refractivity contribution in [3.8, 4) is 28.6 Å². The van der Waals surface area contributed by atoms with Crippen LogP contribution >= 0.6 is 0 Å². The predicted molar refractivity (Wildman–Crippen MR) is 206 cm³/mol. The van der Waals surface area contributed by atoms with Crippen LogP contribution in [0.5, 0.6) is 0 Å². The highest BCUT2D eigenvalue weighted by Crippen LogP contribution is 2.40. The van der Waals surface area contributed by atoms with Crippen LogP contribution in [-0.2, 0) is 24.9 Å². The molecule has 3 heterocycles. The molecule has 0 aliphatic rings. The Morgan fingerprint density at radius 1 is 0.654 bits per heavy atom. The SMILES string of the molecule is CCc1cc2c(cc(C#N)n2Cc2ccc(-c3ccccc3-c3nnn(C(c4ccccc4)(c4ccccc4)c4ccccc4)n3)cc2)c(CC)n1. The number of tetrazole rings is 1. The summed E-state index contributed by atoms with van der Waals surface area (Å²) in [6.07, 6.45) is 1.67. The third kappa shape index (κ3) is 5.65. The quantitative estimate of drug-likeness (QED) is 0.135. The summed E-state index contributed by atoms with van der Waals surface area (Å²) in [4.78, 5) is 6.60. The van der Waals surface area contributed by atoms with Crippen LogP contribution in [0.1, 0.15) is 53.2 Å². The summed E-state index contributed by atoms with van der Waals surface area (Å²) in [6.45, 7) is 4.81. The van der Waals surface area contributed by atoms with E-state index in [2.05, 4.69) is 140 Å². The molecular formula is C45H37N7. The van der Waals surface area contributed by atoms with E-state index in [9.17, 15) is 5.26 Å². The van der Waals surface area contributed by atoms with Crippen LogP contribution < -0.4 is 0 Å². The summed E-state index contributed by atoms with van der Waals surface area (Å²) in [7, 11) is 0. The highest BCUT2D eigenvalue weighted by atomic mass is 15.6. The van der Waals surface area contributed by atoms with Crippen molar-refractivity contribution in [3.05, 3.63) is 191 Å². The fourth-order valence-electron chi connectivity index (χ4n) is 7.34. The van der Waals surface area contributed by atoms with Gasteiger partial charge >= 0.3 is 0 Å². The van der Waals surface area contributed by atoms with Gasteiger partial charge in [0.1, 0.15) is 11.8 Å². The lowest BCUT2D eigenvalue weighted by Crippen LogP contribution is -2.39. The molecule has 0 unspecified atom stereocenters. The van der Waals surface area contributed by atoms with Gasteiger partial charge in [-0.3, -0.25) is 4.98 Å². The lowest BCUT2D eigenvalue weighted by Gasteiger charge is -2.34. The number of fused-ring (bicyclic) bond motifs is 1. The molecule has 0 bridgehead atoms. The van der Waals surface area contributed by atoms with E-state index in [0.29, 0.717) is 18.1 Å². The Kier molecular flexibility index (Phi) is 8.72. The Morgan fingerprint density at radius 2 is 1.23 bits per heavy atom. The van der Waals surface area contributed by atoms with E-state index in [0.717, 1.165) is 74.1 Å². The number of benzene rings is 5. The van der Waals surface area contributed by atoms with E-state index in [1.165, 1.54) is 0 Å². The highest BCUT2D eigenvalue weighted by molar-refractivity contribution is 5.85. The molecule has 7 nitrogen and oxygen atoms in total. The van der Waals surface area contributed by atoms with Crippen LogP contribution in [0.3, 0.4) is 0 Å². The molecule has 0 amide bonds. The number of rotatable bonds is 10. The Hall–Kier alpha value is -6.65. The Labute approximate surface area is 303 Å². The van der Waals surface area contributed by atoms with Crippen LogP contribution in [0.15, 0.2) is 152 Å². The van der Waals surface area contributed by atoms with Crippen molar-refractivity contribution in [2.45, 2.75) is 38.8 Å². The standard InChI is InChI=1S/C45H37N7/c1-3-37-28-43-41(42(4-2)47-37)29-38(30-46)51(43)31-32-24-26-33(27-25-32)39-22-14-15-23-40(39)44-48-50-52(49-44)45(34-16-8-5-9-17-34,35-18-10-6-11-19-35)36-20-12-7-13-21-36/h5-29H,3-4,31H2,1-2H3. The fraction of sp³-hybridized carbons (Fsp3) is 0.133. The zero-order valence-electron chi connectivity index (χ0n) is 29.2. The first kappa shape index (κ1) is 32.5. The molecule has 0 fully saturated rings. The maximum Gasteiger partial charge on any atom is 0.205 e. The summed E-state index contributed by atoms with van der Waals surface area (Å²) in [6, 6.07) is 54.4. The zero-order chi connectivity index (χ0) is 35.5. The van der Waals surface area contributed by atoms with Gasteiger partial charge in [0.25, 0.3) is 0 Å². The van der Waals surface area contributed by atoms with Crippen molar-refractivity contribution in [1.29, 1.82) is 5.26 Å². The molecule has 0 aliphatic heterocycles. The second kappa shape index (κ2) is 13.9. The molecule has 52 heavy (non-hydrogen) atoms. The van der Waals surface area contributed by atoms with Gasteiger partial charge in [-0.1, -0.05) is 153 Å². The molecule has 252 valence electrons. The van der Waals surface area contributed by atoms with Gasteiger partial charge in [0, 0.05) is 28.9 Å². The van der Waals surface area contributed by atoms with Gasteiger partial charge in [-0.05, 0) is 63.6 Å². The first-order valence-electron chi connectivity index (χ1n) is 17.7. The van der Waals surface area contributed by atoms with Gasteiger partial charge in [-0.2, -0.15) is 5.26 Å². The van der Waals surface area contributed by atoms with Crippen LogP contribution in [0.25, 0.3) is 33.4 Å². The van der Waals surface area contributed by atoms with Crippen LogP contribution in [-0.4, -0.2) is 29.8 Å². The molecule has 0 saturated heterocycles. The van der Waals surface area contributed by atoms with Gasteiger partial charge in [0.15, 0.2) is 5.54 Å². The van der Waals surface area contributed by atoms with Crippen LogP contribution in [0.2, 0.25) is 0 Å². The molecule has 0 aliphatic carbocycles. The summed E-state index contributed by atoms with van der Waals surface area (Å²) in [5.74, 6) is 0.538. The number of hydrogen-bond acceptors (Lipinski definition) is 5. The number of pyridine rings is 1. The minimum Gasteiger partial charge on any atom is -0.328 e. The smallest absolute Gasteiger partial charge is 0.205 e. The molecule has 0 N–H and O–H groups in total. The Bertz CT molecular complexity index is 2410. The van der Waals surface area contributed by atoms with Crippen molar-refractivity contribution in [2.75, 3.05) is 0 Å². The van der Waals surface area contributed by atoms with Crippen LogP contribution in [0.4, 0.5) is 0 Å². The van der Waals surface area contributed by atoms with Gasteiger partial charge in [0.2, 0.25) is 5.82 Å². The molecule has 3 aromatic heterocycles. The molecule has 8 aromatic rings. The lowest BCUT2D eigenvalue weighted by atomic mass is 9.77. The minimum atomic E-state index is -0.859. The number of aromatic nitrogens is 6. The molecule has 8 rings (SSSR count). The van der Waals surface area contributed by atoms with E-state index in [-0.39, 0.29) is 0 Å². The van der Waals surface area contributed by atoms with E-state index < -0.39 is 5.54 Å². The van der Waals surface area contributed by atoms with Gasteiger partial charge in [-0.15, -0.1) is 15.0 Å². The monoisotopic (exact) mass is 675 g/mol. The topological polar surface area (TPSA) is 85.2 Å². The van der Waals surface area contributed by atoms with Gasteiger partial charge < -0.3 is 4.57 Å². The maximum atomic E-state index is 10.1.